The Hall–Kier alpha value is -2.28. The predicted octanol–water partition coefficient (Wildman–Crippen LogP) is 2.76. The topological polar surface area (TPSA) is 68.5 Å². The van der Waals surface area contributed by atoms with Crippen LogP contribution in [0.5, 0.6) is 0 Å². The number of rotatable bonds is 7. The van der Waals surface area contributed by atoms with E-state index < -0.39 is 23.8 Å². The van der Waals surface area contributed by atoms with Crippen LogP contribution in [0.15, 0.2) is 52.0 Å². The average Bonchev–Trinajstić information content (AvgIpc) is 3.05. The minimum absolute atomic E-state index is 0.0727. The van der Waals surface area contributed by atoms with Crippen LogP contribution in [-0.4, -0.2) is 23.7 Å². The number of halogens is 1. The van der Waals surface area contributed by atoms with Crippen LogP contribution in [0.1, 0.15) is 12.7 Å². The standard InChI is InChI=1S/C16H16FNO4S/c1-11(16(20)18-9-12-5-4-8-21-12)22-15(19)10-23-14-7-3-2-6-13(14)17/h2-8,11H,9-10H2,1H3,(H,18,20)/t11-/m1/s1. The first-order chi connectivity index (χ1) is 11.1. The molecule has 0 aliphatic rings. The Morgan fingerprint density at radius 2 is 2.09 bits per heavy atom. The number of benzene rings is 1. The second-order valence-corrected chi connectivity index (χ2v) is 5.67. The summed E-state index contributed by atoms with van der Waals surface area (Å²) in [5.41, 5.74) is 0. The molecule has 1 amide bonds. The Balaban J connectivity index is 1.73. The van der Waals surface area contributed by atoms with E-state index in [-0.39, 0.29) is 12.3 Å². The third-order valence-corrected chi connectivity index (χ3v) is 3.90. The molecule has 0 radical (unpaired) electrons. The Morgan fingerprint density at radius 1 is 1.30 bits per heavy atom. The van der Waals surface area contributed by atoms with Crippen molar-refractivity contribution < 1.29 is 23.1 Å². The molecule has 0 bridgehead atoms. The number of hydrogen-bond acceptors (Lipinski definition) is 5. The van der Waals surface area contributed by atoms with Crippen molar-refractivity contribution in [3.63, 3.8) is 0 Å². The highest BCUT2D eigenvalue weighted by atomic mass is 32.2. The maximum Gasteiger partial charge on any atom is 0.317 e. The van der Waals surface area contributed by atoms with Crippen LogP contribution < -0.4 is 5.32 Å². The van der Waals surface area contributed by atoms with Crippen LogP contribution in [0.3, 0.4) is 0 Å². The Kier molecular flexibility index (Phi) is 6.22. The number of ether oxygens (including phenoxy) is 1. The minimum Gasteiger partial charge on any atom is -0.467 e. The molecule has 1 heterocycles. The van der Waals surface area contributed by atoms with E-state index in [0.29, 0.717) is 10.7 Å². The lowest BCUT2D eigenvalue weighted by atomic mass is 10.3. The van der Waals surface area contributed by atoms with E-state index in [1.54, 1.807) is 30.3 Å². The lowest BCUT2D eigenvalue weighted by molar-refractivity contribution is -0.152. The molecule has 1 N–H and O–H groups in total. The van der Waals surface area contributed by atoms with Crippen LogP contribution in [-0.2, 0) is 20.9 Å². The summed E-state index contributed by atoms with van der Waals surface area (Å²) in [5, 5.41) is 2.60. The molecule has 0 aliphatic heterocycles. The predicted molar refractivity (Wildman–Crippen MR) is 83.2 cm³/mol. The number of amides is 1. The largest absolute Gasteiger partial charge is 0.467 e. The van der Waals surface area contributed by atoms with Gasteiger partial charge >= 0.3 is 5.97 Å². The highest BCUT2D eigenvalue weighted by Crippen LogP contribution is 2.21. The van der Waals surface area contributed by atoms with Gasteiger partial charge in [0.2, 0.25) is 0 Å². The van der Waals surface area contributed by atoms with Crippen molar-refractivity contribution in [3.8, 4) is 0 Å². The molecule has 0 spiro atoms. The lowest BCUT2D eigenvalue weighted by Crippen LogP contribution is -2.35. The van der Waals surface area contributed by atoms with E-state index in [1.807, 2.05) is 0 Å². The molecule has 0 saturated heterocycles. The van der Waals surface area contributed by atoms with E-state index in [1.165, 1.54) is 19.3 Å². The van der Waals surface area contributed by atoms with Crippen molar-refractivity contribution in [2.75, 3.05) is 5.75 Å². The van der Waals surface area contributed by atoms with Gasteiger partial charge in [0.25, 0.3) is 5.91 Å². The number of carbonyl (C=O) groups excluding carboxylic acids is 2. The summed E-state index contributed by atoms with van der Waals surface area (Å²) in [7, 11) is 0. The van der Waals surface area contributed by atoms with E-state index in [0.717, 1.165) is 11.8 Å². The maximum absolute atomic E-state index is 13.4. The molecule has 5 nitrogen and oxygen atoms in total. The molecule has 1 atom stereocenters. The van der Waals surface area contributed by atoms with Crippen molar-refractivity contribution in [3.05, 3.63) is 54.2 Å². The maximum atomic E-state index is 13.4. The number of esters is 1. The molecular formula is C16H16FNO4S. The number of carbonyl (C=O) groups is 2. The number of hydrogen-bond donors (Lipinski definition) is 1. The molecule has 2 aromatic rings. The van der Waals surface area contributed by atoms with E-state index in [9.17, 15) is 14.0 Å². The van der Waals surface area contributed by atoms with E-state index in [2.05, 4.69) is 5.32 Å². The Bertz CT molecular complexity index is 660. The zero-order valence-electron chi connectivity index (χ0n) is 12.5. The van der Waals surface area contributed by atoms with Gasteiger partial charge in [-0.25, -0.2) is 4.39 Å². The Labute approximate surface area is 137 Å². The van der Waals surface area contributed by atoms with Gasteiger partial charge in [-0.15, -0.1) is 11.8 Å². The number of thioether (sulfide) groups is 1. The van der Waals surface area contributed by atoms with Crippen LogP contribution in [0, 0.1) is 5.82 Å². The minimum atomic E-state index is -0.932. The van der Waals surface area contributed by atoms with Crippen molar-refractivity contribution in [1.29, 1.82) is 0 Å². The highest BCUT2D eigenvalue weighted by molar-refractivity contribution is 8.00. The van der Waals surface area contributed by atoms with Crippen LogP contribution in [0.2, 0.25) is 0 Å². The van der Waals surface area contributed by atoms with Gasteiger partial charge in [0.15, 0.2) is 6.10 Å². The summed E-state index contributed by atoms with van der Waals surface area (Å²) in [4.78, 5) is 23.9. The summed E-state index contributed by atoms with van der Waals surface area (Å²) in [5.74, 6) is -0.873. The van der Waals surface area contributed by atoms with Crippen molar-refractivity contribution in [2.45, 2.75) is 24.5 Å². The summed E-state index contributed by atoms with van der Waals surface area (Å²) in [6.45, 7) is 1.70. The van der Waals surface area contributed by atoms with Gasteiger partial charge in [0.1, 0.15) is 11.6 Å². The third-order valence-electron chi connectivity index (χ3n) is 2.88. The molecule has 122 valence electrons. The summed E-state index contributed by atoms with van der Waals surface area (Å²) >= 11 is 1.02. The normalized spacial score (nSPS) is 11.7. The summed E-state index contributed by atoms with van der Waals surface area (Å²) in [6, 6.07) is 9.59. The van der Waals surface area contributed by atoms with Crippen molar-refractivity contribution >= 4 is 23.6 Å². The van der Waals surface area contributed by atoms with Gasteiger partial charge in [-0.1, -0.05) is 12.1 Å². The van der Waals surface area contributed by atoms with Gasteiger partial charge in [-0.2, -0.15) is 0 Å². The fraction of sp³-hybridized carbons (Fsp3) is 0.250. The molecule has 1 aromatic heterocycles. The summed E-state index contributed by atoms with van der Waals surface area (Å²) < 4.78 is 23.5. The molecular weight excluding hydrogens is 321 g/mol. The smallest absolute Gasteiger partial charge is 0.317 e. The van der Waals surface area contributed by atoms with Gasteiger partial charge in [-0.3, -0.25) is 9.59 Å². The zero-order valence-corrected chi connectivity index (χ0v) is 13.3. The summed E-state index contributed by atoms with van der Waals surface area (Å²) in [6.07, 6.45) is 0.573. The lowest BCUT2D eigenvalue weighted by Gasteiger charge is -2.13. The molecule has 0 fully saturated rings. The molecule has 0 aliphatic carbocycles. The quantitative estimate of drug-likeness (QED) is 0.621. The van der Waals surface area contributed by atoms with Gasteiger partial charge in [0.05, 0.1) is 18.6 Å². The monoisotopic (exact) mass is 337 g/mol. The number of furan rings is 1. The van der Waals surface area contributed by atoms with Gasteiger partial charge < -0.3 is 14.5 Å². The second-order valence-electron chi connectivity index (χ2n) is 4.65. The molecule has 2 rings (SSSR count). The molecule has 0 unspecified atom stereocenters. The van der Waals surface area contributed by atoms with E-state index >= 15 is 0 Å². The molecule has 0 saturated carbocycles. The molecule has 7 heteroatoms. The van der Waals surface area contributed by atoms with Crippen LogP contribution >= 0.6 is 11.8 Å². The number of nitrogens with one attached hydrogen (secondary N) is 1. The highest BCUT2D eigenvalue weighted by Gasteiger charge is 2.18. The van der Waals surface area contributed by atoms with Gasteiger partial charge in [-0.05, 0) is 31.2 Å². The fourth-order valence-electron chi connectivity index (χ4n) is 1.71. The second kappa shape index (κ2) is 8.38. The first-order valence-electron chi connectivity index (χ1n) is 6.93. The Morgan fingerprint density at radius 3 is 2.78 bits per heavy atom. The zero-order chi connectivity index (χ0) is 16.7. The first kappa shape index (κ1) is 17.1. The molecule has 1 aromatic carbocycles. The van der Waals surface area contributed by atoms with E-state index in [4.69, 9.17) is 9.15 Å². The third kappa shape index (κ3) is 5.45. The molecule has 23 heavy (non-hydrogen) atoms. The van der Waals surface area contributed by atoms with Crippen molar-refractivity contribution in [1.82, 2.24) is 5.32 Å². The average molecular weight is 337 g/mol. The fourth-order valence-corrected chi connectivity index (χ4v) is 2.44. The van der Waals surface area contributed by atoms with Crippen LogP contribution in [0.4, 0.5) is 4.39 Å². The van der Waals surface area contributed by atoms with Crippen LogP contribution in [0.25, 0.3) is 0 Å². The SMILES string of the molecule is C[C@@H](OC(=O)CSc1ccccc1F)C(=O)NCc1ccco1. The van der Waals surface area contributed by atoms with Crippen molar-refractivity contribution in [2.24, 2.45) is 0 Å². The first-order valence-corrected chi connectivity index (χ1v) is 7.91. The van der Waals surface area contributed by atoms with Gasteiger partial charge in [0, 0.05) is 4.90 Å².